The predicted octanol–water partition coefficient (Wildman–Crippen LogP) is 2.66. The standard InChI is InChI=1S/C10H6FNO3S/c11-6-1-3-8(12-5-6)16-9-4-2-7(15-9)10(13)14/h1-5H,(H,13,14). The highest BCUT2D eigenvalue weighted by molar-refractivity contribution is 7.99. The maximum Gasteiger partial charge on any atom is 0.371 e. The Bertz CT molecular complexity index is 509. The van der Waals surface area contributed by atoms with Crippen LogP contribution in [0.15, 0.2) is 45.0 Å². The minimum atomic E-state index is -1.13. The molecule has 82 valence electrons. The van der Waals surface area contributed by atoms with Crippen LogP contribution in [0.3, 0.4) is 0 Å². The summed E-state index contributed by atoms with van der Waals surface area (Å²) in [5, 5.41) is 9.57. The topological polar surface area (TPSA) is 63.3 Å². The fourth-order valence-corrected chi connectivity index (χ4v) is 1.73. The van der Waals surface area contributed by atoms with Gasteiger partial charge < -0.3 is 9.52 Å². The number of rotatable bonds is 3. The van der Waals surface area contributed by atoms with Crippen molar-refractivity contribution in [3.8, 4) is 0 Å². The molecule has 0 unspecified atom stereocenters. The average Bonchev–Trinajstić information content (AvgIpc) is 2.70. The number of hydrogen-bond donors (Lipinski definition) is 1. The fourth-order valence-electron chi connectivity index (χ4n) is 1.02. The van der Waals surface area contributed by atoms with E-state index in [1.165, 1.54) is 24.3 Å². The van der Waals surface area contributed by atoms with Crippen LogP contribution in [0.5, 0.6) is 0 Å². The van der Waals surface area contributed by atoms with E-state index in [2.05, 4.69) is 4.98 Å². The van der Waals surface area contributed by atoms with E-state index >= 15 is 0 Å². The smallest absolute Gasteiger partial charge is 0.371 e. The van der Waals surface area contributed by atoms with E-state index in [0.29, 0.717) is 10.1 Å². The molecule has 6 heteroatoms. The lowest BCUT2D eigenvalue weighted by Gasteiger charge is -1.95. The summed E-state index contributed by atoms with van der Waals surface area (Å²) >= 11 is 1.13. The molecule has 0 aromatic carbocycles. The van der Waals surface area contributed by atoms with E-state index in [-0.39, 0.29) is 5.76 Å². The monoisotopic (exact) mass is 239 g/mol. The lowest BCUT2D eigenvalue weighted by atomic mass is 10.5. The van der Waals surface area contributed by atoms with Gasteiger partial charge in [-0.15, -0.1) is 0 Å². The number of hydrogen-bond acceptors (Lipinski definition) is 4. The van der Waals surface area contributed by atoms with Crippen molar-refractivity contribution in [3.05, 3.63) is 42.0 Å². The van der Waals surface area contributed by atoms with E-state index in [1.807, 2.05) is 0 Å². The molecule has 0 saturated carbocycles. The van der Waals surface area contributed by atoms with Crippen molar-refractivity contribution >= 4 is 17.7 Å². The predicted molar refractivity (Wildman–Crippen MR) is 54.0 cm³/mol. The maximum absolute atomic E-state index is 12.6. The molecule has 2 aromatic rings. The molecule has 0 aliphatic carbocycles. The van der Waals surface area contributed by atoms with Crippen LogP contribution in [-0.2, 0) is 0 Å². The fraction of sp³-hybridized carbons (Fsp3) is 0. The van der Waals surface area contributed by atoms with Crippen LogP contribution in [0.4, 0.5) is 4.39 Å². The average molecular weight is 239 g/mol. The highest BCUT2D eigenvalue weighted by atomic mass is 32.2. The first kappa shape index (κ1) is 10.7. The molecule has 0 saturated heterocycles. The number of carboxylic acids is 1. The van der Waals surface area contributed by atoms with Crippen molar-refractivity contribution in [1.82, 2.24) is 4.98 Å². The molecule has 2 rings (SSSR count). The lowest BCUT2D eigenvalue weighted by Crippen LogP contribution is -1.91. The first-order valence-electron chi connectivity index (χ1n) is 4.28. The van der Waals surface area contributed by atoms with E-state index in [1.54, 1.807) is 0 Å². The van der Waals surface area contributed by atoms with Gasteiger partial charge in [0.2, 0.25) is 5.76 Å². The van der Waals surface area contributed by atoms with Crippen LogP contribution in [0, 0.1) is 5.82 Å². The lowest BCUT2D eigenvalue weighted by molar-refractivity contribution is 0.0656. The molecule has 2 aromatic heterocycles. The van der Waals surface area contributed by atoms with Gasteiger partial charge in [0.25, 0.3) is 0 Å². The van der Waals surface area contributed by atoms with Crippen LogP contribution in [0.25, 0.3) is 0 Å². The van der Waals surface area contributed by atoms with Gasteiger partial charge in [-0.25, -0.2) is 14.2 Å². The minimum Gasteiger partial charge on any atom is -0.475 e. The molecule has 0 amide bonds. The number of aromatic carboxylic acids is 1. The van der Waals surface area contributed by atoms with Gasteiger partial charge in [-0.3, -0.25) is 0 Å². The van der Waals surface area contributed by atoms with Gasteiger partial charge in [0, 0.05) is 0 Å². The third-order valence-corrected chi connectivity index (χ3v) is 2.57. The quantitative estimate of drug-likeness (QED) is 0.892. The van der Waals surface area contributed by atoms with E-state index in [4.69, 9.17) is 9.52 Å². The molecule has 2 heterocycles. The molecular formula is C10H6FNO3S. The minimum absolute atomic E-state index is 0.135. The van der Waals surface area contributed by atoms with E-state index in [0.717, 1.165) is 18.0 Å². The number of halogens is 1. The molecule has 4 nitrogen and oxygen atoms in total. The van der Waals surface area contributed by atoms with Crippen LogP contribution in [0.1, 0.15) is 10.6 Å². The second-order valence-corrected chi connectivity index (χ2v) is 3.87. The summed E-state index contributed by atoms with van der Waals surface area (Å²) < 4.78 is 17.6. The van der Waals surface area contributed by atoms with Gasteiger partial charge in [-0.05, 0) is 36.0 Å². The van der Waals surface area contributed by atoms with Crippen LogP contribution < -0.4 is 0 Å². The van der Waals surface area contributed by atoms with Crippen LogP contribution >= 0.6 is 11.8 Å². The Labute approximate surface area is 94.1 Å². The Morgan fingerprint density at radius 1 is 1.38 bits per heavy atom. The summed E-state index contributed by atoms with van der Waals surface area (Å²) in [7, 11) is 0. The normalized spacial score (nSPS) is 10.3. The summed E-state index contributed by atoms with van der Waals surface area (Å²) in [5.74, 6) is -1.68. The van der Waals surface area contributed by atoms with Crippen molar-refractivity contribution in [1.29, 1.82) is 0 Å². The van der Waals surface area contributed by atoms with Gasteiger partial charge in [-0.1, -0.05) is 0 Å². The van der Waals surface area contributed by atoms with Crippen molar-refractivity contribution in [2.45, 2.75) is 10.1 Å². The first-order chi connectivity index (χ1) is 7.65. The Hall–Kier alpha value is -1.82. The van der Waals surface area contributed by atoms with Gasteiger partial charge in [0.1, 0.15) is 10.8 Å². The Morgan fingerprint density at radius 2 is 2.19 bits per heavy atom. The molecule has 0 spiro atoms. The molecular weight excluding hydrogens is 233 g/mol. The molecule has 0 fully saturated rings. The summed E-state index contributed by atoms with van der Waals surface area (Å²) in [6.07, 6.45) is 1.09. The number of carbonyl (C=O) groups is 1. The van der Waals surface area contributed by atoms with Gasteiger partial charge in [0.05, 0.1) is 6.20 Å². The van der Waals surface area contributed by atoms with Crippen LogP contribution in [-0.4, -0.2) is 16.1 Å². The second kappa shape index (κ2) is 4.36. The Balaban J connectivity index is 2.14. The molecule has 1 N–H and O–H groups in total. The van der Waals surface area contributed by atoms with Crippen LogP contribution in [0.2, 0.25) is 0 Å². The second-order valence-electron chi connectivity index (χ2n) is 2.84. The largest absolute Gasteiger partial charge is 0.475 e. The zero-order valence-corrected chi connectivity index (χ0v) is 8.70. The Kier molecular flexibility index (Phi) is 2.91. The van der Waals surface area contributed by atoms with Gasteiger partial charge in [-0.2, -0.15) is 0 Å². The molecule has 0 aliphatic rings. The number of pyridine rings is 1. The third kappa shape index (κ3) is 2.40. The summed E-state index contributed by atoms with van der Waals surface area (Å²) in [6, 6.07) is 5.65. The molecule has 0 bridgehead atoms. The number of furan rings is 1. The van der Waals surface area contributed by atoms with E-state index < -0.39 is 11.8 Å². The number of nitrogens with zero attached hydrogens (tertiary/aromatic N) is 1. The molecule has 0 aliphatic heterocycles. The van der Waals surface area contributed by atoms with Gasteiger partial charge in [0.15, 0.2) is 5.09 Å². The van der Waals surface area contributed by atoms with Gasteiger partial charge >= 0.3 is 5.97 Å². The number of carboxylic acid groups (broad SMARTS) is 1. The van der Waals surface area contributed by atoms with Crippen molar-refractivity contribution < 1.29 is 18.7 Å². The molecule has 0 atom stereocenters. The first-order valence-corrected chi connectivity index (χ1v) is 5.09. The number of aromatic nitrogens is 1. The highest BCUT2D eigenvalue weighted by Gasteiger charge is 2.10. The van der Waals surface area contributed by atoms with Crippen molar-refractivity contribution in [2.75, 3.05) is 0 Å². The zero-order chi connectivity index (χ0) is 11.5. The summed E-state index contributed by atoms with van der Waals surface area (Å²) in [5.41, 5.74) is 0. The highest BCUT2D eigenvalue weighted by Crippen LogP contribution is 2.27. The van der Waals surface area contributed by atoms with Crippen molar-refractivity contribution in [2.24, 2.45) is 0 Å². The van der Waals surface area contributed by atoms with Crippen molar-refractivity contribution in [3.63, 3.8) is 0 Å². The zero-order valence-electron chi connectivity index (χ0n) is 7.88. The SMILES string of the molecule is O=C(O)c1ccc(Sc2ccc(F)cn2)o1. The third-order valence-electron chi connectivity index (χ3n) is 1.70. The molecule has 16 heavy (non-hydrogen) atoms. The maximum atomic E-state index is 12.6. The molecule has 0 radical (unpaired) electrons. The van der Waals surface area contributed by atoms with E-state index in [9.17, 15) is 9.18 Å². The summed E-state index contributed by atoms with van der Waals surface area (Å²) in [6.45, 7) is 0. The summed E-state index contributed by atoms with van der Waals surface area (Å²) in [4.78, 5) is 14.4. The Morgan fingerprint density at radius 3 is 2.75 bits per heavy atom.